The number of nitrogens with one attached hydrogen (secondary N) is 1. The zero-order valence-corrected chi connectivity index (χ0v) is 24.6. The van der Waals surface area contributed by atoms with E-state index >= 15 is 0 Å². The Hall–Kier alpha value is -2.91. The van der Waals surface area contributed by atoms with Crippen molar-refractivity contribution in [2.45, 2.75) is 68.6 Å². The van der Waals surface area contributed by atoms with Crippen LogP contribution in [0.25, 0.3) is 0 Å². The van der Waals surface area contributed by atoms with Crippen molar-refractivity contribution in [2.24, 2.45) is 17.8 Å². The Labute approximate surface area is 248 Å². The number of hydrogen-bond donors (Lipinski definition) is 3. The minimum atomic E-state index is -4.12. The number of nitrogen functional groups attached to an aromatic ring is 1. The number of rotatable bonds is 11. The summed E-state index contributed by atoms with van der Waals surface area (Å²) in [6.07, 6.45) is -2.48. The van der Waals surface area contributed by atoms with Gasteiger partial charge in [-0.25, -0.2) is 26.4 Å². The van der Waals surface area contributed by atoms with Crippen molar-refractivity contribution in [1.82, 2.24) is 9.62 Å². The normalized spacial score (nSPS) is 26.1. The fourth-order valence-corrected chi connectivity index (χ4v) is 7.74. The number of aliphatic hydroxyl groups excluding tert-OH is 1. The fourth-order valence-electron chi connectivity index (χ4n) is 6.12. The van der Waals surface area contributed by atoms with Gasteiger partial charge in [0, 0.05) is 37.0 Å². The molecule has 236 valence electrons. The summed E-state index contributed by atoms with van der Waals surface area (Å²) in [6, 6.07) is 5.82. The van der Waals surface area contributed by atoms with Crippen LogP contribution < -0.4 is 11.1 Å². The molecule has 2 aromatic carbocycles. The molecule has 0 spiro atoms. The van der Waals surface area contributed by atoms with Gasteiger partial charge >= 0.3 is 6.09 Å². The molecule has 14 heteroatoms. The van der Waals surface area contributed by atoms with E-state index in [4.69, 9.17) is 19.9 Å². The number of halogens is 3. The Morgan fingerprint density at radius 1 is 1.12 bits per heavy atom. The maximum atomic E-state index is 14.0. The predicted molar refractivity (Wildman–Crippen MR) is 148 cm³/mol. The average molecular weight is 628 g/mol. The van der Waals surface area contributed by atoms with Crippen LogP contribution in [-0.2, 0) is 30.7 Å². The van der Waals surface area contributed by atoms with Gasteiger partial charge in [0.15, 0.2) is 23.7 Å². The lowest BCUT2D eigenvalue weighted by Gasteiger charge is -2.33. The van der Waals surface area contributed by atoms with E-state index in [1.165, 1.54) is 24.3 Å². The zero-order chi connectivity index (χ0) is 31.1. The highest BCUT2D eigenvalue weighted by Gasteiger charge is 2.54. The number of hydrogen-bond acceptors (Lipinski definition) is 8. The third-order valence-corrected chi connectivity index (χ3v) is 10.0. The lowest BCUT2D eigenvalue weighted by atomic mass is 9.79. The first-order valence-electron chi connectivity index (χ1n) is 14.2. The van der Waals surface area contributed by atoms with E-state index in [1.807, 2.05) is 0 Å². The number of alkyl carbamates (subject to hydrolysis) is 1. The van der Waals surface area contributed by atoms with Crippen LogP contribution in [-0.4, -0.2) is 74.3 Å². The van der Waals surface area contributed by atoms with Gasteiger partial charge in [-0.05, 0) is 60.7 Å². The molecule has 1 saturated carbocycles. The molecule has 2 bridgehead atoms. The number of anilines is 1. The maximum Gasteiger partial charge on any atom is 0.407 e. The van der Waals surface area contributed by atoms with Gasteiger partial charge in [0.1, 0.15) is 6.10 Å². The Morgan fingerprint density at radius 3 is 2.44 bits per heavy atom. The van der Waals surface area contributed by atoms with Crippen molar-refractivity contribution in [1.29, 1.82) is 0 Å². The standard InChI is InChI=1S/C29H36F3N3O7S/c1-15(2)12-35(43(38,39)19-5-3-17(33)4-6-19)13-25(36)24(9-16-7-22(30)27(32)23(31)8-16)34-29(37)42-26-11-18-10-20-21(26)14-40-28(20)41-18/h3-8,15,18,20-21,24-26,28,36H,9-14,33H2,1-2H3,(H,34,37)/t18?,20?,21?,24-,25+,26?,28?/m0/s1. The van der Waals surface area contributed by atoms with Gasteiger partial charge in [0.05, 0.1) is 29.8 Å². The fraction of sp³-hybridized carbons (Fsp3) is 0.552. The molecule has 10 nitrogen and oxygen atoms in total. The molecule has 5 rings (SSSR count). The van der Waals surface area contributed by atoms with Gasteiger partial charge in [0.25, 0.3) is 0 Å². The second kappa shape index (κ2) is 12.6. The van der Waals surface area contributed by atoms with E-state index in [9.17, 15) is 31.5 Å². The Balaban J connectivity index is 1.37. The molecular formula is C29H36F3N3O7S. The second-order valence-electron chi connectivity index (χ2n) is 11.9. The number of nitrogens with zero attached hydrogens (tertiary/aromatic N) is 1. The molecule has 5 unspecified atom stereocenters. The van der Waals surface area contributed by atoms with Crippen LogP contribution >= 0.6 is 0 Å². The number of amides is 1. The molecule has 3 aliphatic rings. The van der Waals surface area contributed by atoms with Gasteiger partial charge in [-0.2, -0.15) is 4.31 Å². The van der Waals surface area contributed by atoms with Crippen molar-refractivity contribution in [3.63, 3.8) is 0 Å². The summed E-state index contributed by atoms with van der Waals surface area (Å²) in [5, 5.41) is 13.9. The minimum absolute atomic E-state index is 0.0223. The van der Waals surface area contributed by atoms with E-state index in [1.54, 1.807) is 13.8 Å². The second-order valence-corrected chi connectivity index (χ2v) is 13.8. The van der Waals surface area contributed by atoms with Crippen molar-refractivity contribution in [2.75, 3.05) is 25.4 Å². The summed E-state index contributed by atoms with van der Waals surface area (Å²) in [6.45, 7) is 3.52. The first-order valence-corrected chi connectivity index (χ1v) is 15.7. The summed E-state index contributed by atoms with van der Waals surface area (Å²) >= 11 is 0. The van der Waals surface area contributed by atoms with E-state index in [0.717, 1.165) is 22.9 Å². The van der Waals surface area contributed by atoms with Gasteiger partial charge < -0.3 is 30.4 Å². The number of aliphatic hydroxyl groups is 1. The van der Waals surface area contributed by atoms with Gasteiger partial charge in [-0.3, -0.25) is 0 Å². The topological polar surface area (TPSA) is 140 Å². The third-order valence-electron chi connectivity index (χ3n) is 8.19. The van der Waals surface area contributed by atoms with Crippen LogP contribution in [0.15, 0.2) is 41.3 Å². The molecule has 2 aliphatic heterocycles. The Morgan fingerprint density at radius 2 is 1.79 bits per heavy atom. The SMILES string of the molecule is CC(C)CN(C[C@@H](O)[C@H](Cc1cc(F)c(F)c(F)c1)NC(=O)OC1CC2CC3C(OCC13)O2)S(=O)(=O)c1ccc(N)cc1. The van der Waals surface area contributed by atoms with Gasteiger partial charge in [0.2, 0.25) is 10.0 Å². The number of benzene rings is 2. The minimum Gasteiger partial charge on any atom is -0.446 e. The molecule has 0 radical (unpaired) electrons. The highest BCUT2D eigenvalue weighted by atomic mass is 32.2. The molecule has 4 N–H and O–H groups in total. The van der Waals surface area contributed by atoms with Crippen molar-refractivity contribution < 1.29 is 45.7 Å². The lowest BCUT2D eigenvalue weighted by molar-refractivity contribution is -0.130. The van der Waals surface area contributed by atoms with E-state index in [2.05, 4.69) is 5.32 Å². The lowest BCUT2D eigenvalue weighted by Crippen LogP contribution is -2.52. The number of sulfonamides is 1. The predicted octanol–water partition coefficient (Wildman–Crippen LogP) is 3.18. The van der Waals surface area contributed by atoms with E-state index in [-0.39, 0.29) is 53.6 Å². The van der Waals surface area contributed by atoms with Crippen LogP contribution in [0.1, 0.15) is 32.3 Å². The molecule has 7 atom stereocenters. The molecular weight excluding hydrogens is 591 g/mol. The van der Waals surface area contributed by atoms with E-state index < -0.39 is 58.4 Å². The van der Waals surface area contributed by atoms with Gasteiger partial charge in [-0.15, -0.1) is 0 Å². The van der Waals surface area contributed by atoms with Gasteiger partial charge in [-0.1, -0.05) is 13.8 Å². The highest BCUT2D eigenvalue weighted by Crippen LogP contribution is 2.47. The monoisotopic (exact) mass is 627 g/mol. The van der Waals surface area contributed by atoms with Crippen LogP contribution in [0.5, 0.6) is 0 Å². The number of carbonyl (C=O) groups is 1. The zero-order valence-electron chi connectivity index (χ0n) is 23.8. The summed E-state index contributed by atoms with van der Waals surface area (Å²) < 4.78 is 87.1. The van der Waals surface area contributed by atoms with Crippen molar-refractivity contribution in [3.05, 3.63) is 59.4 Å². The van der Waals surface area contributed by atoms with Crippen LogP contribution in [0.4, 0.5) is 23.7 Å². The van der Waals surface area contributed by atoms with Crippen LogP contribution in [0.2, 0.25) is 0 Å². The summed E-state index contributed by atoms with van der Waals surface area (Å²) in [5.41, 5.74) is 6.02. The maximum absolute atomic E-state index is 14.0. The van der Waals surface area contributed by atoms with Crippen LogP contribution in [0.3, 0.4) is 0 Å². The van der Waals surface area contributed by atoms with Crippen molar-refractivity contribution >= 4 is 21.8 Å². The largest absolute Gasteiger partial charge is 0.446 e. The van der Waals surface area contributed by atoms with Crippen molar-refractivity contribution in [3.8, 4) is 0 Å². The molecule has 3 fully saturated rings. The highest BCUT2D eigenvalue weighted by molar-refractivity contribution is 7.89. The smallest absolute Gasteiger partial charge is 0.407 e. The molecule has 1 amide bonds. The molecule has 43 heavy (non-hydrogen) atoms. The van der Waals surface area contributed by atoms with Crippen LogP contribution in [0, 0.1) is 35.2 Å². The quantitative estimate of drug-likeness (QED) is 0.255. The number of fused-ring (bicyclic) bond motifs is 1. The summed E-state index contributed by atoms with van der Waals surface area (Å²) in [7, 11) is -4.12. The summed E-state index contributed by atoms with van der Waals surface area (Å²) in [4.78, 5) is 13.1. The molecule has 2 saturated heterocycles. The van der Waals surface area contributed by atoms with E-state index in [0.29, 0.717) is 18.7 Å². The molecule has 0 aromatic heterocycles. The molecule has 2 heterocycles. The first-order chi connectivity index (χ1) is 20.3. The molecule has 1 aliphatic carbocycles. The first kappa shape index (κ1) is 31.5. The molecule has 2 aromatic rings. The third kappa shape index (κ3) is 6.93. The number of nitrogens with two attached hydrogens (primary N) is 1. The Bertz CT molecular complexity index is 1400. The average Bonchev–Trinajstić information content (AvgIpc) is 3.48. The Kier molecular flexibility index (Phi) is 9.23. The number of ether oxygens (including phenoxy) is 3. The number of carbonyl (C=O) groups excluding carboxylic acids is 1. The summed E-state index contributed by atoms with van der Waals surface area (Å²) in [5.74, 6) is -4.64.